The number of ether oxygens (including phenoxy) is 11. The molecule has 2 saturated heterocycles. The van der Waals surface area contributed by atoms with Gasteiger partial charge in [-0.1, -0.05) is 200 Å². The molecule has 0 spiro atoms. The van der Waals surface area contributed by atoms with E-state index in [2.05, 4.69) is 142 Å². The summed E-state index contributed by atoms with van der Waals surface area (Å²) in [5.41, 5.74) is 5.45. The standard InChI is InChI=1S/C28H48NO4.C27H46NO4.C24H42NO4.C22H37NO4/c1-6-7-8-9-10-11-13-24-15-17-25(18-16-24)32-23-22-31-21-20-29(5)19-12-14-26(29)27(30)33-28(2,3)4;1-8-31-25(29)24-11-9-10-16-28(24,7)17-18-30-19-20-32-23-14-12-22(13-15-23)27(5,6)21-26(2,3)4;1-5-7-8-9-10-11-12-22-13-15-23(16-14-22)29-20-19-27-18-17-25(3,4)21-24(26)28-6-2;1-4-5-6-7-8-9-10-20-11-13-21(14-12-20)27-18-17-26-16-15-23(2,3)19-22(24)25/h15-18,26H,6-14,19-23H2,1-5H3;12-15,24H,8-11,16-21H2,1-7H3;13-16H,5-12,17-21H2,1-4H3;11-14H,4-10,15-19H2,1-3H3/q3*+1;. The molecule has 0 radical (unpaired) electrons. The number of aliphatic carboxylic acids is 1. The van der Waals surface area contributed by atoms with Crippen LogP contribution in [0.2, 0.25) is 0 Å². The molecule has 2 fully saturated rings. The second-order valence-electron chi connectivity index (χ2n) is 38.1. The number of nitrogens with zero attached hydrogens (tertiary/aromatic N) is 4. The number of carboxylic acid groups (broad SMARTS) is 1. The van der Waals surface area contributed by atoms with E-state index in [1.165, 1.54) is 138 Å². The monoisotopic (exact) mass is 1700 g/mol. The van der Waals surface area contributed by atoms with Crippen LogP contribution in [0.1, 0.15) is 266 Å². The number of unbranched alkanes of at least 4 members (excludes halogenated alkanes) is 15. The Hall–Kier alpha value is -6.36. The summed E-state index contributed by atoms with van der Waals surface area (Å²) in [4.78, 5) is 47.2. The highest BCUT2D eigenvalue weighted by Gasteiger charge is 2.45. The Kier molecular flexibility index (Phi) is 54.9. The van der Waals surface area contributed by atoms with E-state index >= 15 is 0 Å². The third-order valence-corrected chi connectivity index (χ3v) is 22.7. The van der Waals surface area contributed by atoms with Crippen LogP contribution in [0.25, 0.3) is 0 Å². The molecule has 4 unspecified atom stereocenters. The van der Waals surface area contributed by atoms with Gasteiger partial charge in [0.25, 0.3) is 0 Å². The topological polar surface area (TPSA) is 193 Å². The zero-order valence-electron chi connectivity index (χ0n) is 79.9. The maximum atomic E-state index is 12.6. The molecule has 20 heteroatoms. The van der Waals surface area contributed by atoms with Crippen LogP contribution in [0, 0.1) is 5.41 Å². The molecule has 0 aliphatic carbocycles. The molecule has 4 atom stereocenters. The van der Waals surface area contributed by atoms with Gasteiger partial charge >= 0.3 is 17.9 Å². The zero-order valence-corrected chi connectivity index (χ0v) is 79.9. The van der Waals surface area contributed by atoms with E-state index in [1.807, 2.05) is 87.1 Å². The van der Waals surface area contributed by atoms with E-state index in [0.29, 0.717) is 129 Å². The van der Waals surface area contributed by atoms with Gasteiger partial charge in [-0.15, -0.1) is 0 Å². The van der Waals surface area contributed by atoms with Crippen molar-refractivity contribution >= 4 is 23.9 Å². The van der Waals surface area contributed by atoms with Gasteiger partial charge in [0.2, 0.25) is 0 Å². The number of likely N-dealkylation sites (N-methyl/N-ethyl adjacent to an activating group) is 4. The zero-order chi connectivity index (χ0) is 89.3. The molecule has 6 rings (SSSR count). The fraction of sp³-hybridized carbons (Fsp3) is 0.723. The van der Waals surface area contributed by atoms with Gasteiger partial charge in [0.05, 0.1) is 127 Å². The molecule has 121 heavy (non-hydrogen) atoms. The lowest BCUT2D eigenvalue weighted by molar-refractivity contribution is -0.930. The summed E-state index contributed by atoms with van der Waals surface area (Å²) in [5.74, 6) is 2.18. The normalized spacial score (nSPS) is 16.8. The molecule has 0 saturated carbocycles. The number of hydrogen-bond donors (Lipinski definition) is 0. The SMILES string of the molecule is CCCCCCCCc1ccc(OCCOCC[N+](C)(C)CC(=O)OCC)cc1.CCCCCCCCc1ccc(OCCOCC[N+](C)(C)CC(=O)[O-])cc1.CCCCCCCCc1ccc(OCCOCC[N+]2(C)CCCC2C(=O)OC(C)(C)C)cc1.CCOC(=O)C1CCCC[N+]1(C)CCOCCOc1ccc(C(C)(C)CC(C)(C)C)cc1. The number of hydrogen-bond acceptors (Lipinski definition) is 16. The van der Waals surface area contributed by atoms with Gasteiger partial charge in [0.1, 0.15) is 87.8 Å². The van der Waals surface area contributed by atoms with Crippen molar-refractivity contribution < 1.29 is 94.3 Å². The summed E-state index contributed by atoms with van der Waals surface area (Å²) in [6.07, 6.45) is 33.5. The van der Waals surface area contributed by atoms with E-state index in [4.69, 9.17) is 52.1 Å². The fourth-order valence-corrected chi connectivity index (χ4v) is 15.8. The van der Waals surface area contributed by atoms with Gasteiger partial charge in [-0.05, 0) is 174 Å². The molecule has 0 bridgehead atoms. The van der Waals surface area contributed by atoms with E-state index in [9.17, 15) is 24.3 Å². The highest BCUT2D eigenvalue weighted by Crippen LogP contribution is 2.37. The number of piperidine rings is 1. The first-order chi connectivity index (χ1) is 57.6. The maximum Gasteiger partial charge on any atom is 0.365 e. The lowest BCUT2D eigenvalue weighted by atomic mass is 9.72. The number of aryl methyl sites for hydroxylation is 3. The Morgan fingerprint density at radius 3 is 1.10 bits per heavy atom. The van der Waals surface area contributed by atoms with Crippen LogP contribution in [-0.4, -0.2) is 247 Å². The Morgan fingerprint density at radius 2 is 0.736 bits per heavy atom. The highest BCUT2D eigenvalue weighted by atomic mass is 16.6. The molecule has 690 valence electrons. The second-order valence-corrected chi connectivity index (χ2v) is 38.1. The predicted molar refractivity (Wildman–Crippen MR) is 490 cm³/mol. The minimum absolute atomic E-state index is 0.00898. The van der Waals surface area contributed by atoms with Crippen LogP contribution >= 0.6 is 0 Å². The van der Waals surface area contributed by atoms with Gasteiger partial charge in [-0.25, -0.2) is 14.4 Å². The largest absolute Gasteiger partial charge is 0.544 e. The lowest BCUT2D eigenvalue weighted by Crippen LogP contribution is -2.60. The first-order valence-electron chi connectivity index (χ1n) is 46.9. The van der Waals surface area contributed by atoms with Crippen LogP contribution in [-0.2, 0) is 77.0 Å². The minimum Gasteiger partial charge on any atom is -0.544 e. The van der Waals surface area contributed by atoms with Crippen LogP contribution in [0.3, 0.4) is 0 Å². The molecule has 2 aliphatic rings. The van der Waals surface area contributed by atoms with Crippen molar-refractivity contribution in [1.82, 2.24) is 0 Å². The number of rotatable bonds is 59. The summed E-state index contributed by atoms with van der Waals surface area (Å²) in [5, 5.41) is 10.7. The first-order valence-corrected chi connectivity index (χ1v) is 46.9. The maximum absolute atomic E-state index is 12.6. The summed E-state index contributed by atoms with van der Waals surface area (Å²) in [6, 6.07) is 33.6. The second kappa shape index (κ2) is 61.1. The van der Waals surface area contributed by atoms with Crippen LogP contribution in [0.5, 0.6) is 23.0 Å². The quantitative estimate of drug-likeness (QED) is 0.0175. The van der Waals surface area contributed by atoms with Gasteiger partial charge in [-0.2, -0.15) is 0 Å². The van der Waals surface area contributed by atoms with Crippen LogP contribution in [0.4, 0.5) is 0 Å². The van der Waals surface area contributed by atoms with E-state index in [1.54, 1.807) is 0 Å². The average Bonchev–Trinajstić information content (AvgIpc) is 1.80. The molecule has 0 aromatic heterocycles. The number of carboxylic acids is 1. The van der Waals surface area contributed by atoms with Crippen molar-refractivity contribution in [2.24, 2.45) is 5.41 Å². The van der Waals surface area contributed by atoms with Crippen molar-refractivity contribution in [3.63, 3.8) is 0 Å². The molecule has 2 heterocycles. The molecule has 0 amide bonds. The van der Waals surface area contributed by atoms with Gasteiger partial charge in [0, 0.05) is 19.3 Å². The Morgan fingerprint density at radius 1 is 0.397 bits per heavy atom. The van der Waals surface area contributed by atoms with Crippen LogP contribution < -0.4 is 24.1 Å². The molecule has 2 aliphatic heterocycles. The minimum atomic E-state index is -1.04. The summed E-state index contributed by atoms with van der Waals surface area (Å²) in [6.45, 7) is 40.5. The Balaban J connectivity index is 0.000000418. The van der Waals surface area contributed by atoms with Gasteiger partial charge < -0.3 is 79.9 Å². The number of benzene rings is 4. The molecular weight excluding hydrogens is 1530 g/mol. The van der Waals surface area contributed by atoms with E-state index in [-0.39, 0.29) is 42.0 Å². The summed E-state index contributed by atoms with van der Waals surface area (Å²) in [7, 11) is 12.0. The smallest absolute Gasteiger partial charge is 0.365 e. The molecule has 20 nitrogen and oxygen atoms in total. The summed E-state index contributed by atoms with van der Waals surface area (Å²) < 4.78 is 64.3. The van der Waals surface area contributed by atoms with E-state index < -0.39 is 11.6 Å². The number of carbonyl (C=O) groups excluding carboxylic acids is 4. The number of quaternary nitrogens is 4. The number of carbonyl (C=O) groups is 4. The van der Waals surface area contributed by atoms with Crippen molar-refractivity contribution in [1.29, 1.82) is 0 Å². The molecule has 0 N–H and O–H groups in total. The van der Waals surface area contributed by atoms with Gasteiger partial charge in [0.15, 0.2) is 18.6 Å². The van der Waals surface area contributed by atoms with Crippen molar-refractivity contribution in [3.05, 3.63) is 119 Å². The summed E-state index contributed by atoms with van der Waals surface area (Å²) >= 11 is 0. The van der Waals surface area contributed by atoms with Crippen LogP contribution in [0.15, 0.2) is 97.1 Å². The third-order valence-electron chi connectivity index (χ3n) is 22.7. The van der Waals surface area contributed by atoms with Gasteiger partial charge in [-0.3, -0.25) is 0 Å². The Bertz CT molecular complexity index is 3320. The predicted octanol–water partition coefficient (Wildman–Crippen LogP) is 18.7. The highest BCUT2D eigenvalue weighted by molar-refractivity contribution is 5.75. The van der Waals surface area contributed by atoms with Crippen molar-refractivity contribution in [3.8, 4) is 23.0 Å². The first kappa shape index (κ1) is 109. The molecular formula is C101H173N4O16+3. The third kappa shape index (κ3) is 51.6. The molecule has 4 aromatic carbocycles. The average molecular weight is 1700 g/mol. The fourth-order valence-electron chi connectivity index (χ4n) is 15.8. The number of esters is 3. The molecule has 4 aromatic rings. The lowest BCUT2D eigenvalue weighted by Gasteiger charge is -2.43. The number of likely N-dealkylation sites (tertiary alicyclic amines) is 2. The Labute approximate surface area is 735 Å². The van der Waals surface area contributed by atoms with Crippen molar-refractivity contribution in [2.45, 2.75) is 286 Å². The van der Waals surface area contributed by atoms with E-state index in [0.717, 1.165) is 114 Å². The van der Waals surface area contributed by atoms with Crippen molar-refractivity contribution in [2.75, 3.05) is 187 Å².